The molecule has 1 saturated heterocycles. The number of halogens is 1. The zero-order chi connectivity index (χ0) is 21.8. The van der Waals surface area contributed by atoms with Gasteiger partial charge in [-0.15, -0.1) is 0 Å². The number of fused-ring (bicyclic) bond motifs is 1. The lowest BCUT2D eigenvalue weighted by atomic mass is 10.0. The van der Waals surface area contributed by atoms with Crippen molar-refractivity contribution in [2.24, 2.45) is 5.73 Å². The third-order valence-electron chi connectivity index (χ3n) is 5.34. The Morgan fingerprint density at radius 3 is 2.68 bits per heavy atom. The number of amides is 1. The fourth-order valence-corrected chi connectivity index (χ4v) is 3.78. The number of aromatic amines is 1. The first-order valence-electron chi connectivity index (χ1n) is 10.0. The van der Waals surface area contributed by atoms with Crippen molar-refractivity contribution in [1.82, 2.24) is 14.9 Å². The lowest BCUT2D eigenvalue weighted by Crippen LogP contribution is -2.45. The number of aromatic nitrogens is 2. The molecule has 0 saturated carbocycles. The van der Waals surface area contributed by atoms with E-state index in [1.807, 2.05) is 30.3 Å². The first-order chi connectivity index (χ1) is 15.1. The zero-order valence-electron chi connectivity index (χ0n) is 16.8. The number of piperidine rings is 1. The van der Waals surface area contributed by atoms with Gasteiger partial charge in [-0.1, -0.05) is 18.2 Å². The number of Topliss-reactive ketones (excluding diaryl/α,β-unsaturated/α-hetero) is 1. The topological polar surface area (TPSA) is 116 Å². The van der Waals surface area contributed by atoms with Crippen LogP contribution in [-0.4, -0.2) is 45.7 Å². The van der Waals surface area contributed by atoms with Crippen LogP contribution in [-0.2, 0) is 4.79 Å². The number of nitrogens with two attached hydrogens (primary N) is 1. The van der Waals surface area contributed by atoms with Crippen molar-refractivity contribution in [3.05, 3.63) is 66.5 Å². The number of likely N-dealkylation sites (tertiary alicyclic amines) is 1. The second-order valence-electron chi connectivity index (χ2n) is 7.32. The van der Waals surface area contributed by atoms with Gasteiger partial charge in [0, 0.05) is 43.4 Å². The molecule has 0 spiro atoms. The molecule has 1 amide bonds. The van der Waals surface area contributed by atoms with E-state index in [4.69, 9.17) is 5.73 Å². The summed E-state index contributed by atoms with van der Waals surface area (Å²) in [5.41, 5.74) is 6.62. The summed E-state index contributed by atoms with van der Waals surface area (Å²) in [6, 6.07) is 10.1. The maximum absolute atomic E-state index is 14.5. The number of para-hydroxylation sites is 1. The third kappa shape index (κ3) is 4.20. The Labute approximate surface area is 178 Å². The SMILES string of the molecule is N/C=C\Nc1ncc(F)c2c(C(=O)C(=O)N3CCC(Nc4ccccc4)CC3)c[nH]c12. The molecule has 4 rings (SSSR count). The van der Waals surface area contributed by atoms with Crippen LogP contribution in [0.25, 0.3) is 10.9 Å². The Hall–Kier alpha value is -3.88. The molecule has 0 atom stereocenters. The van der Waals surface area contributed by atoms with E-state index in [-0.39, 0.29) is 17.0 Å². The van der Waals surface area contributed by atoms with Gasteiger partial charge in [0.05, 0.1) is 22.7 Å². The van der Waals surface area contributed by atoms with Crippen LogP contribution in [0.2, 0.25) is 0 Å². The fourth-order valence-electron chi connectivity index (χ4n) is 3.78. The molecule has 3 aromatic rings. The van der Waals surface area contributed by atoms with Crippen LogP contribution in [0, 0.1) is 5.82 Å². The van der Waals surface area contributed by atoms with Crippen LogP contribution in [0.1, 0.15) is 23.2 Å². The molecule has 5 N–H and O–H groups in total. The summed E-state index contributed by atoms with van der Waals surface area (Å²) < 4.78 is 14.5. The van der Waals surface area contributed by atoms with E-state index in [0.717, 1.165) is 24.7 Å². The molecule has 1 aromatic carbocycles. The second kappa shape index (κ2) is 8.86. The van der Waals surface area contributed by atoms with Crippen LogP contribution in [0.15, 0.2) is 55.1 Å². The summed E-state index contributed by atoms with van der Waals surface area (Å²) in [6.45, 7) is 0.908. The lowest BCUT2D eigenvalue weighted by Gasteiger charge is -2.32. The van der Waals surface area contributed by atoms with E-state index in [9.17, 15) is 14.0 Å². The largest absolute Gasteiger partial charge is 0.403 e. The van der Waals surface area contributed by atoms with Gasteiger partial charge in [-0.3, -0.25) is 9.59 Å². The van der Waals surface area contributed by atoms with Gasteiger partial charge < -0.3 is 26.3 Å². The zero-order valence-corrected chi connectivity index (χ0v) is 16.8. The van der Waals surface area contributed by atoms with Gasteiger partial charge in [-0.2, -0.15) is 0 Å². The monoisotopic (exact) mass is 422 g/mol. The smallest absolute Gasteiger partial charge is 0.295 e. The fraction of sp³-hybridized carbons (Fsp3) is 0.227. The number of carbonyl (C=O) groups excluding carboxylic acids is 2. The normalized spacial score (nSPS) is 14.8. The maximum atomic E-state index is 14.5. The Morgan fingerprint density at radius 2 is 1.97 bits per heavy atom. The van der Waals surface area contributed by atoms with Crippen LogP contribution in [0.4, 0.5) is 15.9 Å². The van der Waals surface area contributed by atoms with E-state index in [1.54, 1.807) is 0 Å². The number of carbonyl (C=O) groups is 2. The van der Waals surface area contributed by atoms with E-state index >= 15 is 0 Å². The average Bonchev–Trinajstić information content (AvgIpc) is 3.25. The number of anilines is 2. The molecular weight excluding hydrogens is 399 g/mol. The Morgan fingerprint density at radius 1 is 1.23 bits per heavy atom. The van der Waals surface area contributed by atoms with Crippen molar-refractivity contribution in [3.8, 4) is 0 Å². The second-order valence-corrected chi connectivity index (χ2v) is 7.32. The summed E-state index contributed by atoms with van der Waals surface area (Å²) in [6.07, 6.45) is 6.49. The minimum absolute atomic E-state index is 0.00999. The van der Waals surface area contributed by atoms with Crippen molar-refractivity contribution < 1.29 is 14.0 Å². The van der Waals surface area contributed by atoms with Gasteiger partial charge >= 0.3 is 0 Å². The minimum atomic E-state index is -0.744. The van der Waals surface area contributed by atoms with Crippen LogP contribution in [0.3, 0.4) is 0 Å². The number of ketones is 1. The Bertz CT molecular complexity index is 1120. The Kier molecular flexibility index (Phi) is 5.83. The summed E-state index contributed by atoms with van der Waals surface area (Å²) in [5, 5.41) is 6.28. The molecule has 1 aliphatic heterocycles. The van der Waals surface area contributed by atoms with Gasteiger partial charge in [0.1, 0.15) is 0 Å². The summed E-state index contributed by atoms with van der Waals surface area (Å²) >= 11 is 0. The van der Waals surface area contributed by atoms with Gasteiger partial charge in [0.25, 0.3) is 11.7 Å². The molecule has 1 aliphatic rings. The molecule has 0 unspecified atom stereocenters. The van der Waals surface area contributed by atoms with Crippen molar-refractivity contribution in [3.63, 3.8) is 0 Å². The molecule has 8 nitrogen and oxygen atoms in total. The predicted octanol–water partition coefficient (Wildman–Crippen LogP) is 2.83. The number of benzene rings is 1. The number of pyridine rings is 1. The summed E-state index contributed by atoms with van der Waals surface area (Å²) in [5.74, 6) is -1.75. The Balaban J connectivity index is 1.46. The lowest BCUT2D eigenvalue weighted by molar-refractivity contribution is -0.127. The van der Waals surface area contributed by atoms with E-state index in [2.05, 4.69) is 20.6 Å². The molecule has 160 valence electrons. The maximum Gasteiger partial charge on any atom is 0.295 e. The van der Waals surface area contributed by atoms with Crippen LogP contribution >= 0.6 is 0 Å². The number of hydrogen-bond acceptors (Lipinski definition) is 6. The van der Waals surface area contributed by atoms with Crippen LogP contribution in [0.5, 0.6) is 0 Å². The average molecular weight is 422 g/mol. The van der Waals surface area contributed by atoms with E-state index in [0.29, 0.717) is 24.4 Å². The standard InChI is InChI=1S/C22H23FN6O2/c23-17-13-27-21(25-9-8-24)19-18(17)16(12-26-19)20(30)22(31)29-10-6-15(7-11-29)28-14-4-2-1-3-5-14/h1-5,8-9,12-13,15,26,28H,6-7,10-11,24H2,(H,25,27)/b9-8-. The van der Waals surface area contributed by atoms with Crippen LogP contribution < -0.4 is 16.4 Å². The van der Waals surface area contributed by atoms with Crippen molar-refractivity contribution in [2.45, 2.75) is 18.9 Å². The summed E-state index contributed by atoms with van der Waals surface area (Å²) in [7, 11) is 0. The van der Waals surface area contributed by atoms with Crippen molar-refractivity contribution >= 4 is 34.1 Å². The summed E-state index contributed by atoms with van der Waals surface area (Å²) in [4.78, 5) is 34.1. The number of nitrogens with zero attached hydrogens (tertiary/aromatic N) is 2. The van der Waals surface area contributed by atoms with E-state index < -0.39 is 17.5 Å². The third-order valence-corrected chi connectivity index (χ3v) is 5.34. The highest BCUT2D eigenvalue weighted by Gasteiger charge is 2.30. The molecule has 3 heterocycles. The van der Waals surface area contributed by atoms with Gasteiger partial charge in [0.15, 0.2) is 11.6 Å². The molecule has 31 heavy (non-hydrogen) atoms. The van der Waals surface area contributed by atoms with E-state index in [1.165, 1.54) is 23.5 Å². The molecule has 0 bridgehead atoms. The predicted molar refractivity (Wildman–Crippen MR) is 117 cm³/mol. The number of nitrogens with one attached hydrogen (secondary N) is 3. The molecule has 0 aliphatic carbocycles. The number of hydrogen-bond donors (Lipinski definition) is 4. The van der Waals surface area contributed by atoms with Crippen molar-refractivity contribution in [1.29, 1.82) is 0 Å². The van der Waals surface area contributed by atoms with Gasteiger partial charge in [-0.05, 0) is 25.0 Å². The van der Waals surface area contributed by atoms with Gasteiger partial charge in [-0.25, -0.2) is 9.37 Å². The highest BCUT2D eigenvalue weighted by Crippen LogP contribution is 2.27. The highest BCUT2D eigenvalue weighted by atomic mass is 19.1. The first-order valence-corrected chi connectivity index (χ1v) is 10.0. The molecule has 2 aromatic heterocycles. The molecule has 9 heteroatoms. The van der Waals surface area contributed by atoms with Gasteiger partial charge in [0.2, 0.25) is 0 Å². The number of rotatable bonds is 6. The molecular formula is C22H23FN6O2. The molecule has 1 fully saturated rings. The number of H-pyrrole nitrogens is 1. The minimum Gasteiger partial charge on any atom is -0.403 e. The molecule has 0 radical (unpaired) electrons. The first kappa shape index (κ1) is 20.4. The highest BCUT2D eigenvalue weighted by molar-refractivity contribution is 6.45. The quantitative estimate of drug-likeness (QED) is 0.359. The van der Waals surface area contributed by atoms with Crippen molar-refractivity contribution in [2.75, 3.05) is 23.7 Å².